The highest BCUT2D eigenvalue weighted by molar-refractivity contribution is 6.05. The van der Waals surface area contributed by atoms with E-state index < -0.39 is 6.04 Å². The van der Waals surface area contributed by atoms with E-state index in [0.29, 0.717) is 6.61 Å². The molecule has 2 atom stereocenters. The summed E-state index contributed by atoms with van der Waals surface area (Å²) in [6.07, 6.45) is 1.21. The maximum Gasteiger partial charge on any atom is 0.246 e. The largest absolute Gasteiger partial charge is 0.494 e. The van der Waals surface area contributed by atoms with Crippen LogP contribution in [0.2, 0.25) is 0 Å². The van der Waals surface area contributed by atoms with Gasteiger partial charge in [0, 0.05) is 13.1 Å². The first-order chi connectivity index (χ1) is 10.0. The average Bonchev–Trinajstić information content (AvgIpc) is 2.73. The maximum atomic E-state index is 11.9. The highest BCUT2D eigenvalue weighted by Crippen LogP contribution is 2.20. The van der Waals surface area contributed by atoms with Crippen LogP contribution in [0.3, 0.4) is 0 Å². The molecule has 1 saturated heterocycles. The first kappa shape index (κ1) is 15.5. The van der Waals surface area contributed by atoms with Gasteiger partial charge in [0.15, 0.2) is 0 Å². The molecule has 0 spiro atoms. The number of hydrogen-bond donors (Lipinski definition) is 1. The normalized spacial score (nSPS) is 20.0. The van der Waals surface area contributed by atoms with Gasteiger partial charge in [0.1, 0.15) is 5.75 Å². The zero-order valence-electron chi connectivity index (χ0n) is 12.8. The molecular formula is C16H22N2O3. The average molecular weight is 290 g/mol. The lowest BCUT2D eigenvalue weighted by atomic mass is 10.1. The molecule has 2 unspecified atom stereocenters. The number of ether oxygens (including phenoxy) is 1. The van der Waals surface area contributed by atoms with Crippen LogP contribution < -0.4 is 10.1 Å². The zero-order valence-corrected chi connectivity index (χ0v) is 12.8. The van der Waals surface area contributed by atoms with E-state index in [4.69, 9.17) is 4.74 Å². The second-order valence-electron chi connectivity index (χ2n) is 5.35. The molecule has 0 aliphatic carbocycles. The zero-order chi connectivity index (χ0) is 15.4. The summed E-state index contributed by atoms with van der Waals surface area (Å²) in [5, 5.41) is 3.22. The molecule has 2 amide bonds. The Bertz CT molecular complexity index is 513. The lowest BCUT2D eigenvalue weighted by Crippen LogP contribution is -2.38. The van der Waals surface area contributed by atoms with Crippen molar-refractivity contribution in [2.45, 2.75) is 38.8 Å². The minimum absolute atomic E-state index is 0.00141. The Balaban J connectivity index is 1.96. The number of amides is 2. The Hall–Kier alpha value is -1.88. The van der Waals surface area contributed by atoms with Gasteiger partial charge in [-0.2, -0.15) is 0 Å². The van der Waals surface area contributed by atoms with Crippen LogP contribution in [0.1, 0.15) is 38.3 Å². The van der Waals surface area contributed by atoms with Crippen LogP contribution in [0.15, 0.2) is 24.3 Å². The monoisotopic (exact) mass is 290 g/mol. The molecule has 1 fully saturated rings. The van der Waals surface area contributed by atoms with Gasteiger partial charge >= 0.3 is 0 Å². The number of rotatable bonds is 6. The van der Waals surface area contributed by atoms with Crippen molar-refractivity contribution in [1.29, 1.82) is 0 Å². The highest BCUT2D eigenvalue weighted by Gasteiger charge is 2.36. The Labute approximate surface area is 125 Å². The van der Waals surface area contributed by atoms with E-state index in [0.717, 1.165) is 17.7 Å². The van der Waals surface area contributed by atoms with Gasteiger partial charge in [0.2, 0.25) is 11.8 Å². The number of imide groups is 1. The van der Waals surface area contributed by atoms with E-state index >= 15 is 0 Å². The maximum absolute atomic E-state index is 11.9. The molecule has 1 aliphatic heterocycles. The van der Waals surface area contributed by atoms with Crippen molar-refractivity contribution < 1.29 is 14.3 Å². The second kappa shape index (κ2) is 6.72. The summed E-state index contributed by atoms with van der Waals surface area (Å²) >= 11 is 0. The number of likely N-dealkylation sites (tertiary alicyclic amines) is 1. The van der Waals surface area contributed by atoms with E-state index in [9.17, 15) is 9.59 Å². The molecule has 21 heavy (non-hydrogen) atoms. The Morgan fingerprint density at radius 1 is 1.33 bits per heavy atom. The lowest BCUT2D eigenvalue weighted by Gasteiger charge is -2.18. The van der Waals surface area contributed by atoms with E-state index in [1.165, 1.54) is 11.9 Å². The number of hydrogen-bond acceptors (Lipinski definition) is 4. The van der Waals surface area contributed by atoms with Crippen LogP contribution in [-0.4, -0.2) is 36.4 Å². The molecule has 1 aromatic carbocycles. The molecular weight excluding hydrogens is 268 g/mol. The number of carbonyl (C=O) groups is 2. The van der Waals surface area contributed by atoms with E-state index in [2.05, 4.69) is 12.2 Å². The van der Waals surface area contributed by atoms with Crippen LogP contribution in [0.5, 0.6) is 5.75 Å². The Morgan fingerprint density at radius 3 is 2.52 bits per heavy atom. The molecule has 1 aromatic rings. The fourth-order valence-electron chi connectivity index (χ4n) is 2.36. The Morgan fingerprint density at radius 2 is 2.00 bits per heavy atom. The third-order valence-electron chi connectivity index (χ3n) is 3.69. The first-order valence-electron chi connectivity index (χ1n) is 7.32. The summed E-state index contributed by atoms with van der Waals surface area (Å²) in [7, 11) is 1.52. The number of carbonyl (C=O) groups excluding carboxylic acids is 2. The van der Waals surface area contributed by atoms with Gasteiger partial charge in [0.05, 0.1) is 19.1 Å². The van der Waals surface area contributed by atoms with Crippen LogP contribution >= 0.6 is 0 Å². The van der Waals surface area contributed by atoms with Crippen LogP contribution in [0.25, 0.3) is 0 Å². The smallest absolute Gasteiger partial charge is 0.246 e. The number of nitrogens with one attached hydrogen (secondary N) is 1. The van der Waals surface area contributed by atoms with Crippen LogP contribution in [-0.2, 0) is 9.59 Å². The van der Waals surface area contributed by atoms with Crippen molar-refractivity contribution >= 4 is 11.8 Å². The summed E-state index contributed by atoms with van der Waals surface area (Å²) in [5.74, 6) is 0.558. The summed E-state index contributed by atoms with van der Waals surface area (Å²) < 4.78 is 5.54. The molecule has 114 valence electrons. The standard InChI is InChI=1S/C16H22N2O3/c1-4-9-21-13-7-5-12(6-8-13)11(2)17-14-10-15(19)18(3)16(14)20/h5-8,11,14,17H,4,9-10H2,1-3H3. The fraction of sp³-hybridized carbons (Fsp3) is 0.500. The van der Waals surface area contributed by atoms with Crippen LogP contribution in [0, 0.1) is 0 Å². The molecule has 1 aliphatic rings. The molecule has 5 heteroatoms. The van der Waals surface area contributed by atoms with Gasteiger partial charge in [-0.25, -0.2) is 0 Å². The van der Waals surface area contributed by atoms with Gasteiger partial charge in [-0.3, -0.25) is 19.8 Å². The van der Waals surface area contributed by atoms with Gasteiger partial charge in [-0.15, -0.1) is 0 Å². The van der Waals surface area contributed by atoms with Crippen molar-refractivity contribution in [2.24, 2.45) is 0 Å². The van der Waals surface area contributed by atoms with Gasteiger partial charge in [-0.1, -0.05) is 19.1 Å². The van der Waals surface area contributed by atoms with E-state index in [1.807, 2.05) is 31.2 Å². The highest BCUT2D eigenvalue weighted by atomic mass is 16.5. The molecule has 1 heterocycles. The summed E-state index contributed by atoms with van der Waals surface area (Å²) in [6.45, 7) is 4.76. The van der Waals surface area contributed by atoms with Crippen molar-refractivity contribution in [2.75, 3.05) is 13.7 Å². The summed E-state index contributed by atoms with van der Waals surface area (Å²) in [5.41, 5.74) is 1.06. The van der Waals surface area contributed by atoms with Crippen molar-refractivity contribution in [3.63, 3.8) is 0 Å². The minimum atomic E-state index is -0.423. The topological polar surface area (TPSA) is 58.6 Å². The molecule has 0 saturated carbocycles. The fourth-order valence-corrected chi connectivity index (χ4v) is 2.36. The lowest BCUT2D eigenvalue weighted by molar-refractivity contribution is -0.137. The number of likely N-dealkylation sites (N-methyl/N-ethyl adjacent to an activating group) is 1. The van der Waals surface area contributed by atoms with Crippen molar-refractivity contribution in [1.82, 2.24) is 10.2 Å². The third-order valence-corrected chi connectivity index (χ3v) is 3.69. The van der Waals surface area contributed by atoms with Crippen molar-refractivity contribution in [3.8, 4) is 5.75 Å². The van der Waals surface area contributed by atoms with Gasteiger partial charge < -0.3 is 4.74 Å². The Kier molecular flexibility index (Phi) is 4.96. The minimum Gasteiger partial charge on any atom is -0.494 e. The second-order valence-corrected chi connectivity index (χ2v) is 5.35. The SMILES string of the molecule is CCCOc1ccc(C(C)NC2CC(=O)N(C)C2=O)cc1. The molecule has 0 radical (unpaired) electrons. The quantitative estimate of drug-likeness (QED) is 0.813. The predicted molar refractivity (Wildman–Crippen MR) is 80.0 cm³/mol. The third kappa shape index (κ3) is 3.61. The first-order valence-corrected chi connectivity index (χ1v) is 7.32. The molecule has 0 aromatic heterocycles. The van der Waals surface area contributed by atoms with E-state index in [1.54, 1.807) is 0 Å². The van der Waals surface area contributed by atoms with Gasteiger partial charge in [0.25, 0.3) is 0 Å². The number of benzene rings is 1. The molecule has 5 nitrogen and oxygen atoms in total. The van der Waals surface area contributed by atoms with E-state index in [-0.39, 0.29) is 24.3 Å². The number of nitrogens with zero attached hydrogens (tertiary/aromatic N) is 1. The van der Waals surface area contributed by atoms with Gasteiger partial charge in [-0.05, 0) is 31.0 Å². The molecule has 1 N–H and O–H groups in total. The van der Waals surface area contributed by atoms with Crippen LogP contribution in [0.4, 0.5) is 0 Å². The molecule has 0 bridgehead atoms. The summed E-state index contributed by atoms with van der Waals surface area (Å²) in [6, 6.07) is 7.39. The molecule has 2 rings (SSSR count). The summed E-state index contributed by atoms with van der Waals surface area (Å²) in [4.78, 5) is 24.6. The van der Waals surface area contributed by atoms with Crippen molar-refractivity contribution in [3.05, 3.63) is 29.8 Å². The predicted octanol–water partition coefficient (Wildman–Crippen LogP) is 1.88.